The SMILES string of the molecule is COc1ccc(-c2nc(-c3ccccc3)[nH]c2C(N)=O)cc1. The van der Waals surface area contributed by atoms with Crippen LogP contribution in [0.25, 0.3) is 22.6 Å². The second-order valence-corrected chi connectivity index (χ2v) is 4.77. The number of imidazole rings is 1. The topological polar surface area (TPSA) is 81.0 Å². The average Bonchev–Trinajstić information content (AvgIpc) is 3.01. The van der Waals surface area contributed by atoms with Crippen LogP contribution < -0.4 is 10.5 Å². The molecule has 1 amide bonds. The normalized spacial score (nSPS) is 10.4. The molecule has 5 nitrogen and oxygen atoms in total. The van der Waals surface area contributed by atoms with Crippen molar-refractivity contribution in [3.63, 3.8) is 0 Å². The number of methoxy groups -OCH3 is 1. The van der Waals surface area contributed by atoms with E-state index in [0.717, 1.165) is 16.9 Å². The number of nitrogens with two attached hydrogens (primary N) is 1. The highest BCUT2D eigenvalue weighted by Crippen LogP contribution is 2.27. The van der Waals surface area contributed by atoms with Crippen molar-refractivity contribution in [2.45, 2.75) is 0 Å². The van der Waals surface area contributed by atoms with Gasteiger partial charge in [0.25, 0.3) is 5.91 Å². The summed E-state index contributed by atoms with van der Waals surface area (Å²) < 4.78 is 5.14. The Morgan fingerprint density at radius 2 is 1.73 bits per heavy atom. The zero-order chi connectivity index (χ0) is 15.5. The molecule has 3 aromatic rings. The van der Waals surface area contributed by atoms with Crippen LogP contribution in [-0.4, -0.2) is 23.0 Å². The Hall–Kier alpha value is -3.08. The van der Waals surface area contributed by atoms with Gasteiger partial charge in [0.15, 0.2) is 0 Å². The van der Waals surface area contributed by atoms with E-state index in [9.17, 15) is 4.79 Å². The number of rotatable bonds is 4. The molecule has 1 aromatic heterocycles. The first-order chi connectivity index (χ1) is 10.7. The molecule has 0 aliphatic rings. The van der Waals surface area contributed by atoms with Gasteiger partial charge in [-0.1, -0.05) is 30.3 Å². The lowest BCUT2D eigenvalue weighted by molar-refractivity contribution is 0.0997. The van der Waals surface area contributed by atoms with Crippen molar-refractivity contribution < 1.29 is 9.53 Å². The van der Waals surface area contributed by atoms with Crippen molar-refractivity contribution >= 4 is 5.91 Å². The van der Waals surface area contributed by atoms with E-state index in [1.165, 1.54) is 0 Å². The minimum absolute atomic E-state index is 0.295. The van der Waals surface area contributed by atoms with Crippen LogP contribution in [-0.2, 0) is 0 Å². The monoisotopic (exact) mass is 293 g/mol. The summed E-state index contributed by atoms with van der Waals surface area (Å²) in [5, 5.41) is 0. The van der Waals surface area contributed by atoms with E-state index in [1.807, 2.05) is 54.6 Å². The molecule has 2 aromatic carbocycles. The molecule has 0 spiro atoms. The highest BCUT2D eigenvalue weighted by molar-refractivity contribution is 5.98. The molecule has 0 fully saturated rings. The standard InChI is InChI=1S/C17H15N3O2/c1-22-13-9-7-11(8-10-13)14-15(16(18)21)20-17(19-14)12-5-3-2-4-6-12/h2-10H,1H3,(H2,18,21)(H,19,20). The maximum Gasteiger partial charge on any atom is 0.267 e. The molecule has 0 saturated heterocycles. The zero-order valence-corrected chi connectivity index (χ0v) is 12.0. The Morgan fingerprint density at radius 1 is 1.05 bits per heavy atom. The summed E-state index contributed by atoms with van der Waals surface area (Å²) in [7, 11) is 1.60. The highest BCUT2D eigenvalue weighted by Gasteiger charge is 2.17. The van der Waals surface area contributed by atoms with Crippen molar-refractivity contribution in [3.8, 4) is 28.4 Å². The fourth-order valence-corrected chi connectivity index (χ4v) is 2.24. The number of ether oxygens (including phenoxy) is 1. The van der Waals surface area contributed by atoms with E-state index < -0.39 is 5.91 Å². The second kappa shape index (κ2) is 5.73. The van der Waals surface area contributed by atoms with Crippen molar-refractivity contribution in [3.05, 3.63) is 60.3 Å². The molecule has 22 heavy (non-hydrogen) atoms. The lowest BCUT2D eigenvalue weighted by Crippen LogP contribution is -2.12. The van der Waals surface area contributed by atoms with Gasteiger partial charge in [0, 0.05) is 11.1 Å². The van der Waals surface area contributed by atoms with Crippen molar-refractivity contribution in [1.29, 1.82) is 0 Å². The van der Waals surface area contributed by atoms with E-state index in [4.69, 9.17) is 10.5 Å². The fraction of sp³-hybridized carbons (Fsp3) is 0.0588. The quantitative estimate of drug-likeness (QED) is 0.776. The molecule has 1 heterocycles. The first kappa shape index (κ1) is 13.9. The predicted octanol–water partition coefficient (Wildman–Crippen LogP) is 2.85. The predicted molar refractivity (Wildman–Crippen MR) is 84.5 cm³/mol. The fourth-order valence-electron chi connectivity index (χ4n) is 2.24. The Balaban J connectivity index is 2.09. The molecule has 0 atom stereocenters. The zero-order valence-electron chi connectivity index (χ0n) is 12.0. The van der Waals surface area contributed by atoms with Crippen LogP contribution in [0.2, 0.25) is 0 Å². The molecule has 0 aliphatic heterocycles. The number of aromatic nitrogens is 2. The summed E-state index contributed by atoms with van der Waals surface area (Å²) in [6.45, 7) is 0. The molecule has 0 bridgehead atoms. The molecule has 3 N–H and O–H groups in total. The van der Waals surface area contributed by atoms with Gasteiger partial charge in [-0.25, -0.2) is 4.98 Å². The number of nitrogens with zero attached hydrogens (tertiary/aromatic N) is 1. The van der Waals surface area contributed by atoms with Crippen LogP contribution in [0.4, 0.5) is 0 Å². The molecular formula is C17H15N3O2. The van der Waals surface area contributed by atoms with E-state index in [2.05, 4.69) is 9.97 Å². The maximum absolute atomic E-state index is 11.7. The third-order valence-electron chi connectivity index (χ3n) is 3.36. The number of hydrogen-bond acceptors (Lipinski definition) is 3. The molecule has 0 saturated carbocycles. The first-order valence-corrected chi connectivity index (χ1v) is 6.78. The van der Waals surface area contributed by atoms with Gasteiger partial charge in [-0.3, -0.25) is 4.79 Å². The number of amides is 1. The number of carbonyl (C=O) groups is 1. The van der Waals surface area contributed by atoms with E-state index in [0.29, 0.717) is 17.2 Å². The number of primary amides is 1. The molecule has 0 unspecified atom stereocenters. The Labute approximate surface area is 127 Å². The van der Waals surface area contributed by atoms with E-state index >= 15 is 0 Å². The second-order valence-electron chi connectivity index (χ2n) is 4.77. The largest absolute Gasteiger partial charge is 0.497 e. The van der Waals surface area contributed by atoms with Gasteiger partial charge in [-0.2, -0.15) is 0 Å². The van der Waals surface area contributed by atoms with Crippen LogP contribution in [0.3, 0.4) is 0 Å². The number of carbonyl (C=O) groups excluding carboxylic acids is 1. The summed E-state index contributed by atoms with van der Waals surface area (Å²) in [5.41, 5.74) is 7.99. The Bertz CT molecular complexity index is 793. The minimum Gasteiger partial charge on any atom is -0.497 e. The molecular weight excluding hydrogens is 278 g/mol. The van der Waals surface area contributed by atoms with Crippen LogP contribution in [0.1, 0.15) is 10.5 Å². The summed E-state index contributed by atoms with van der Waals surface area (Å²) in [5.74, 6) is 0.809. The van der Waals surface area contributed by atoms with Crippen LogP contribution in [0.5, 0.6) is 5.75 Å². The lowest BCUT2D eigenvalue weighted by Gasteiger charge is -2.02. The van der Waals surface area contributed by atoms with Gasteiger partial charge in [0.1, 0.15) is 23.0 Å². The van der Waals surface area contributed by atoms with Crippen molar-refractivity contribution in [1.82, 2.24) is 9.97 Å². The lowest BCUT2D eigenvalue weighted by atomic mass is 10.1. The third-order valence-corrected chi connectivity index (χ3v) is 3.36. The number of nitrogens with one attached hydrogen (secondary N) is 1. The van der Waals surface area contributed by atoms with Gasteiger partial charge in [0.05, 0.1) is 7.11 Å². The van der Waals surface area contributed by atoms with E-state index in [-0.39, 0.29) is 0 Å². The number of H-pyrrole nitrogens is 1. The molecule has 0 aliphatic carbocycles. The van der Waals surface area contributed by atoms with Crippen LogP contribution >= 0.6 is 0 Å². The summed E-state index contributed by atoms with van der Waals surface area (Å²) >= 11 is 0. The van der Waals surface area contributed by atoms with Gasteiger partial charge >= 0.3 is 0 Å². The molecule has 0 radical (unpaired) electrons. The number of hydrogen-bond donors (Lipinski definition) is 2. The van der Waals surface area contributed by atoms with Gasteiger partial charge in [0.2, 0.25) is 0 Å². The van der Waals surface area contributed by atoms with Crippen molar-refractivity contribution in [2.75, 3.05) is 7.11 Å². The third kappa shape index (κ3) is 2.56. The molecule has 110 valence electrons. The van der Waals surface area contributed by atoms with Crippen LogP contribution in [0.15, 0.2) is 54.6 Å². The highest BCUT2D eigenvalue weighted by atomic mass is 16.5. The summed E-state index contributed by atoms with van der Waals surface area (Å²) in [4.78, 5) is 19.2. The maximum atomic E-state index is 11.7. The smallest absolute Gasteiger partial charge is 0.267 e. The molecule has 3 rings (SSSR count). The number of benzene rings is 2. The minimum atomic E-state index is -0.541. The van der Waals surface area contributed by atoms with Gasteiger partial charge < -0.3 is 15.5 Å². The average molecular weight is 293 g/mol. The Morgan fingerprint density at radius 3 is 2.32 bits per heavy atom. The van der Waals surface area contributed by atoms with Gasteiger partial charge in [-0.05, 0) is 24.3 Å². The van der Waals surface area contributed by atoms with Crippen molar-refractivity contribution in [2.24, 2.45) is 5.73 Å². The van der Waals surface area contributed by atoms with Crippen LogP contribution in [0, 0.1) is 0 Å². The summed E-state index contributed by atoms with van der Waals surface area (Å²) in [6, 6.07) is 16.9. The Kier molecular flexibility index (Phi) is 3.62. The first-order valence-electron chi connectivity index (χ1n) is 6.78. The molecule has 5 heteroatoms. The summed E-state index contributed by atoms with van der Waals surface area (Å²) in [6.07, 6.45) is 0. The number of aromatic amines is 1. The van der Waals surface area contributed by atoms with Gasteiger partial charge in [-0.15, -0.1) is 0 Å². The van der Waals surface area contributed by atoms with E-state index in [1.54, 1.807) is 7.11 Å².